The van der Waals surface area contributed by atoms with Crippen LogP contribution in [0.4, 0.5) is 0 Å². The lowest BCUT2D eigenvalue weighted by atomic mass is 10.1. The van der Waals surface area contributed by atoms with Gasteiger partial charge in [0.15, 0.2) is 5.52 Å². The number of imidazole rings is 2. The molecule has 1 aliphatic rings. The highest BCUT2D eigenvalue weighted by atomic mass is 15.3. The Bertz CT molecular complexity index is 1090. The zero-order valence-corrected chi connectivity index (χ0v) is 10.5. The van der Waals surface area contributed by atoms with E-state index in [-0.39, 0.29) is 0 Å². The molecule has 0 N–H and O–H groups in total. The topological polar surface area (TPSA) is 39.0 Å². The molecule has 0 amide bonds. The minimum Gasteiger partial charge on any atom is -0.264 e. The Morgan fingerprint density at radius 2 is 2.35 bits per heavy atom. The third-order valence-electron chi connectivity index (χ3n) is 3.94. The van der Waals surface area contributed by atoms with Gasteiger partial charge < -0.3 is 0 Å². The van der Waals surface area contributed by atoms with Gasteiger partial charge in [-0.15, -0.1) is 4.98 Å². The number of fused-ring (bicyclic) bond motifs is 7. The van der Waals surface area contributed by atoms with E-state index in [1.54, 1.807) is 12.4 Å². The fourth-order valence-electron chi connectivity index (χ4n) is 3.08. The van der Waals surface area contributed by atoms with Crippen LogP contribution in [0.1, 0.15) is 9.68 Å². The lowest BCUT2D eigenvalue weighted by Gasteiger charge is -1.94. The second-order valence-electron chi connectivity index (χ2n) is 4.98. The van der Waals surface area contributed by atoms with Gasteiger partial charge in [0.05, 0.1) is 30.0 Å². The molecule has 4 aromatic heterocycles. The predicted octanol–water partition coefficient (Wildman–Crippen LogP) is 1.54. The van der Waals surface area contributed by atoms with Crippen LogP contribution in [-0.2, 0) is 13.5 Å². The molecule has 0 atom stereocenters. The standard InChI is InChI=1S/C15H12N5/c1-18-14-12(3-2-5-17-14)20-9-13-11-4-6-16-7-10(11)8-19(13)15(18)20/h2-7,9H,8H2,1H3/q+1/i1D3. The molecule has 4 aromatic rings. The van der Waals surface area contributed by atoms with E-state index in [0.29, 0.717) is 18.0 Å². The molecule has 0 unspecified atom stereocenters. The summed E-state index contributed by atoms with van der Waals surface area (Å²) < 4.78 is 29.1. The van der Waals surface area contributed by atoms with Gasteiger partial charge in [0, 0.05) is 23.5 Å². The number of aromatic nitrogens is 5. The average molecular weight is 265 g/mol. The van der Waals surface area contributed by atoms with Gasteiger partial charge in [-0.25, -0.2) is 13.5 Å². The molecule has 5 heterocycles. The molecule has 20 heavy (non-hydrogen) atoms. The largest absolute Gasteiger partial charge is 0.329 e. The number of rotatable bonds is 0. The van der Waals surface area contributed by atoms with Crippen LogP contribution in [0, 0.1) is 0 Å². The van der Waals surface area contributed by atoms with Gasteiger partial charge in [-0.1, -0.05) is 0 Å². The second-order valence-corrected chi connectivity index (χ2v) is 4.98. The van der Waals surface area contributed by atoms with Gasteiger partial charge in [0.1, 0.15) is 5.69 Å². The summed E-state index contributed by atoms with van der Waals surface area (Å²) in [5.74, 6) is 0.616. The molecule has 0 fully saturated rings. The van der Waals surface area contributed by atoms with Crippen molar-refractivity contribution in [3.05, 3.63) is 48.5 Å². The van der Waals surface area contributed by atoms with Gasteiger partial charge >= 0.3 is 5.78 Å². The summed E-state index contributed by atoms with van der Waals surface area (Å²) in [5, 5.41) is 0. The number of hydrogen-bond donors (Lipinski definition) is 0. The third-order valence-corrected chi connectivity index (χ3v) is 3.94. The van der Waals surface area contributed by atoms with E-state index < -0.39 is 6.98 Å². The van der Waals surface area contributed by atoms with Crippen molar-refractivity contribution in [2.24, 2.45) is 6.98 Å². The SMILES string of the molecule is [2H]C([2H])([2H])[n+]1c2ncccc2n2cc3n(c21)Cc1cnccc1-3. The monoisotopic (exact) mass is 265 g/mol. The molecule has 0 spiro atoms. The molecule has 5 rings (SSSR count). The number of nitrogens with zero attached hydrogens (tertiary/aromatic N) is 5. The highest BCUT2D eigenvalue weighted by Gasteiger charge is 2.29. The summed E-state index contributed by atoms with van der Waals surface area (Å²) in [6.45, 7) is -1.69. The smallest absolute Gasteiger partial charge is 0.264 e. The molecule has 5 nitrogen and oxygen atoms in total. The minimum absolute atomic E-state index is 0.465. The van der Waals surface area contributed by atoms with Crippen LogP contribution in [0.2, 0.25) is 0 Å². The van der Waals surface area contributed by atoms with Crippen LogP contribution < -0.4 is 4.57 Å². The van der Waals surface area contributed by atoms with E-state index in [2.05, 4.69) is 9.97 Å². The first-order valence-electron chi connectivity index (χ1n) is 7.90. The van der Waals surface area contributed by atoms with Crippen molar-refractivity contribution in [3.8, 4) is 11.3 Å². The minimum atomic E-state index is -2.30. The average Bonchev–Trinajstić information content (AvgIpc) is 3.13. The van der Waals surface area contributed by atoms with E-state index in [4.69, 9.17) is 4.11 Å². The van der Waals surface area contributed by atoms with Gasteiger partial charge in [0.2, 0.25) is 0 Å². The molecule has 0 aliphatic carbocycles. The quantitative estimate of drug-likeness (QED) is 0.398. The molecule has 96 valence electrons. The summed E-state index contributed by atoms with van der Waals surface area (Å²) in [6, 6.07) is 5.67. The van der Waals surface area contributed by atoms with Crippen LogP contribution in [-0.4, -0.2) is 18.9 Å². The van der Waals surface area contributed by atoms with Crippen molar-refractivity contribution in [1.29, 1.82) is 0 Å². The number of pyridine rings is 2. The summed E-state index contributed by atoms with van der Waals surface area (Å²) in [4.78, 5) is 8.45. The van der Waals surface area contributed by atoms with Crippen LogP contribution >= 0.6 is 0 Å². The molecule has 0 aromatic carbocycles. The first-order valence-corrected chi connectivity index (χ1v) is 6.40. The highest BCUT2D eigenvalue weighted by molar-refractivity contribution is 5.76. The highest BCUT2D eigenvalue weighted by Crippen LogP contribution is 2.33. The Morgan fingerprint density at radius 1 is 1.35 bits per heavy atom. The molecule has 0 saturated carbocycles. The zero-order valence-electron chi connectivity index (χ0n) is 13.5. The predicted molar refractivity (Wildman–Crippen MR) is 74.2 cm³/mol. The molecule has 0 radical (unpaired) electrons. The molecule has 0 saturated heterocycles. The van der Waals surface area contributed by atoms with Gasteiger partial charge in [-0.05, 0) is 18.2 Å². The Balaban J connectivity index is 1.97. The summed E-state index contributed by atoms with van der Waals surface area (Å²) in [6.07, 6.45) is 7.19. The Morgan fingerprint density at radius 3 is 3.30 bits per heavy atom. The first kappa shape index (κ1) is 7.79. The lowest BCUT2D eigenvalue weighted by Crippen LogP contribution is -2.30. The Kier molecular flexibility index (Phi) is 1.27. The maximum absolute atomic E-state index is 7.93. The van der Waals surface area contributed by atoms with Crippen LogP contribution in [0.3, 0.4) is 0 Å². The van der Waals surface area contributed by atoms with Gasteiger partial charge in [-0.2, -0.15) is 0 Å². The van der Waals surface area contributed by atoms with Crippen molar-refractivity contribution >= 4 is 16.9 Å². The zero-order chi connectivity index (χ0) is 15.8. The van der Waals surface area contributed by atoms with Crippen molar-refractivity contribution in [2.45, 2.75) is 6.54 Å². The number of aryl methyl sites for hydroxylation is 1. The van der Waals surface area contributed by atoms with Crippen molar-refractivity contribution in [1.82, 2.24) is 18.9 Å². The van der Waals surface area contributed by atoms with Crippen molar-refractivity contribution in [2.75, 3.05) is 0 Å². The van der Waals surface area contributed by atoms with E-state index in [1.165, 1.54) is 4.57 Å². The first-order chi connectivity index (χ1) is 11.1. The Hall–Kier alpha value is -2.69. The maximum atomic E-state index is 7.93. The summed E-state index contributed by atoms with van der Waals surface area (Å²) in [7, 11) is 0. The second kappa shape index (κ2) is 3.25. The summed E-state index contributed by atoms with van der Waals surface area (Å²) >= 11 is 0. The fourth-order valence-corrected chi connectivity index (χ4v) is 3.08. The molecular formula is C15H12N5+. The molecule has 5 heteroatoms. The Labute approximate surface area is 119 Å². The maximum Gasteiger partial charge on any atom is 0.329 e. The summed E-state index contributed by atoms with van der Waals surface area (Å²) in [5.41, 5.74) is 4.45. The molecule has 0 bridgehead atoms. The van der Waals surface area contributed by atoms with Gasteiger partial charge in [0.25, 0.3) is 5.65 Å². The van der Waals surface area contributed by atoms with Crippen molar-refractivity contribution < 1.29 is 8.68 Å². The van der Waals surface area contributed by atoms with E-state index in [1.807, 2.05) is 39.6 Å². The third kappa shape index (κ3) is 1.02. The van der Waals surface area contributed by atoms with Crippen LogP contribution in [0.25, 0.3) is 28.2 Å². The number of hydrogen-bond acceptors (Lipinski definition) is 2. The molecule has 1 aliphatic heterocycles. The van der Waals surface area contributed by atoms with Crippen LogP contribution in [0.5, 0.6) is 0 Å². The van der Waals surface area contributed by atoms with E-state index >= 15 is 0 Å². The fraction of sp³-hybridized carbons (Fsp3) is 0.133. The van der Waals surface area contributed by atoms with E-state index in [0.717, 1.165) is 22.3 Å². The van der Waals surface area contributed by atoms with Crippen LogP contribution in [0.15, 0.2) is 43.0 Å². The molecular weight excluding hydrogens is 250 g/mol. The normalized spacial score (nSPS) is 15.9. The lowest BCUT2D eigenvalue weighted by molar-refractivity contribution is -0.623. The van der Waals surface area contributed by atoms with E-state index in [9.17, 15) is 0 Å². The van der Waals surface area contributed by atoms with Gasteiger partial charge in [-0.3, -0.25) is 4.98 Å². The van der Waals surface area contributed by atoms with Crippen molar-refractivity contribution in [3.63, 3.8) is 0 Å².